The summed E-state index contributed by atoms with van der Waals surface area (Å²) in [6.45, 7) is -0.775. The van der Waals surface area contributed by atoms with Crippen LogP contribution in [-0.4, -0.2) is 37.1 Å². The van der Waals surface area contributed by atoms with Gasteiger partial charge in [-0.15, -0.1) is 0 Å². The van der Waals surface area contributed by atoms with E-state index < -0.39 is 6.61 Å². The quantitative estimate of drug-likeness (QED) is 0.874. The standard InChI is InChI=1S/C12H16F2N2O2/c1-8(7-15)16(2)11(17)9-4-3-5-10(6-9)18-12(13)14/h3-6,8,12H,7,15H2,1-2H3. The number of nitrogens with two attached hydrogens (primary N) is 1. The van der Waals surface area contributed by atoms with E-state index in [1.54, 1.807) is 20.0 Å². The van der Waals surface area contributed by atoms with E-state index in [2.05, 4.69) is 4.74 Å². The Balaban J connectivity index is 2.86. The van der Waals surface area contributed by atoms with Gasteiger partial charge in [0.2, 0.25) is 0 Å². The number of benzene rings is 1. The zero-order chi connectivity index (χ0) is 13.7. The number of hydrogen-bond acceptors (Lipinski definition) is 3. The molecule has 0 fully saturated rings. The number of ether oxygens (including phenoxy) is 1. The minimum absolute atomic E-state index is 0.0374. The van der Waals surface area contributed by atoms with Gasteiger partial charge in [-0.25, -0.2) is 0 Å². The molecule has 0 spiro atoms. The maximum atomic E-state index is 12.1. The lowest BCUT2D eigenvalue weighted by Crippen LogP contribution is -2.39. The van der Waals surface area contributed by atoms with Crippen molar-refractivity contribution in [2.45, 2.75) is 19.6 Å². The van der Waals surface area contributed by atoms with E-state index in [0.717, 1.165) is 0 Å². The molecule has 0 radical (unpaired) electrons. The third-order valence-electron chi connectivity index (χ3n) is 2.63. The predicted octanol–water partition coefficient (Wildman–Crippen LogP) is 1.71. The van der Waals surface area contributed by atoms with Gasteiger partial charge in [-0.2, -0.15) is 8.78 Å². The molecule has 4 nitrogen and oxygen atoms in total. The first-order valence-corrected chi connectivity index (χ1v) is 5.47. The maximum absolute atomic E-state index is 12.1. The molecule has 0 aliphatic heterocycles. The summed E-state index contributed by atoms with van der Waals surface area (Å²) in [5.41, 5.74) is 5.75. The summed E-state index contributed by atoms with van der Waals surface area (Å²) in [5.74, 6) is -0.322. The van der Waals surface area contributed by atoms with E-state index in [1.807, 2.05) is 0 Å². The van der Waals surface area contributed by atoms with Gasteiger partial charge in [-0.05, 0) is 25.1 Å². The lowest BCUT2D eigenvalue weighted by molar-refractivity contribution is -0.0499. The van der Waals surface area contributed by atoms with Crippen LogP contribution in [0.2, 0.25) is 0 Å². The number of nitrogens with zero attached hydrogens (tertiary/aromatic N) is 1. The zero-order valence-electron chi connectivity index (χ0n) is 10.3. The van der Waals surface area contributed by atoms with Crippen molar-refractivity contribution in [1.29, 1.82) is 0 Å². The second-order valence-corrected chi connectivity index (χ2v) is 3.91. The van der Waals surface area contributed by atoms with E-state index in [9.17, 15) is 13.6 Å². The Hall–Kier alpha value is -1.69. The molecule has 1 aromatic carbocycles. The Labute approximate surface area is 104 Å². The molecule has 6 heteroatoms. The van der Waals surface area contributed by atoms with E-state index in [-0.39, 0.29) is 23.3 Å². The van der Waals surface area contributed by atoms with Crippen molar-refractivity contribution in [3.8, 4) is 5.75 Å². The first-order chi connectivity index (χ1) is 8.45. The average molecular weight is 258 g/mol. The molecule has 0 saturated heterocycles. The van der Waals surface area contributed by atoms with Crippen molar-refractivity contribution in [2.75, 3.05) is 13.6 Å². The van der Waals surface area contributed by atoms with Crippen LogP contribution in [0.25, 0.3) is 0 Å². The highest BCUT2D eigenvalue weighted by molar-refractivity contribution is 5.94. The number of halogens is 2. The molecule has 0 heterocycles. The molecule has 1 aromatic rings. The molecule has 1 rings (SSSR count). The van der Waals surface area contributed by atoms with E-state index in [1.165, 1.54) is 23.1 Å². The molecular weight excluding hydrogens is 242 g/mol. The molecule has 2 N–H and O–H groups in total. The Kier molecular flexibility index (Phi) is 5.03. The molecule has 18 heavy (non-hydrogen) atoms. The van der Waals surface area contributed by atoms with Crippen molar-refractivity contribution < 1.29 is 18.3 Å². The van der Waals surface area contributed by atoms with Crippen molar-refractivity contribution in [3.05, 3.63) is 29.8 Å². The summed E-state index contributed by atoms with van der Waals surface area (Å²) >= 11 is 0. The van der Waals surface area contributed by atoms with Crippen molar-refractivity contribution in [2.24, 2.45) is 5.73 Å². The first kappa shape index (κ1) is 14.4. The second kappa shape index (κ2) is 6.30. The summed E-state index contributed by atoms with van der Waals surface area (Å²) in [7, 11) is 1.61. The normalized spacial score (nSPS) is 12.3. The number of carbonyl (C=O) groups excluding carboxylic acids is 1. The third-order valence-corrected chi connectivity index (χ3v) is 2.63. The van der Waals surface area contributed by atoms with E-state index in [4.69, 9.17) is 5.73 Å². The molecule has 1 amide bonds. The Morgan fingerprint density at radius 3 is 2.72 bits per heavy atom. The third kappa shape index (κ3) is 3.66. The number of hydrogen-bond donors (Lipinski definition) is 1. The highest BCUT2D eigenvalue weighted by Crippen LogP contribution is 2.17. The first-order valence-electron chi connectivity index (χ1n) is 5.47. The van der Waals surface area contributed by atoms with Crippen LogP contribution in [0.3, 0.4) is 0 Å². The van der Waals surface area contributed by atoms with Gasteiger partial charge in [0.15, 0.2) is 0 Å². The van der Waals surface area contributed by atoms with Crippen molar-refractivity contribution in [1.82, 2.24) is 4.90 Å². The molecular formula is C12H16F2N2O2. The molecule has 0 bridgehead atoms. The van der Waals surface area contributed by atoms with Crippen LogP contribution in [0, 0.1) is 0 Å². The number of amides is 1. The molecule has 0 aliphatic rings. The fraction of sp³-hybridized carbons (Fsp3) is 0.417. The van der Waals surface area contributed by atoms with Crippen LogP contribution in [0.15, 0.2) is 24.3 Å². The summed E-state index contributed by atoms with van der Waals surface area (Å²) in [6.07, 6.45) is 0. The number of alkyl halides is 2. The van der Waals surface area contributed by atoms with Crippen LogP contribution < -0.4 is 10.5 Å². The number of rotatable bonds is 5. The Morgan fingerprint density at radius 2 is 2.17 bits per heavy atom. The highest BCUT2D eigenvalue weighted by atomic mass is 19.3. The summed E-state index contributed by atoms with van der Waals surface area (Å²) < 4.78 is 28.4. The van der Waals surface area contributed by atoms with Crippen LogP contribution in [-0.2, 0) is 0 Å². The topological polar surface area (TPSA) is 55.6 Å². The lowest BCUT2D eigenvalue weighted by atomic mass is 10.1. The van der Waals surface area contributed by atoms with Crippen molar-refractivity contribution >= 4 is 5.91 Å². The van der Waals surface area contributed by atoms with Gasteiger partial charge >= 0.3 is 6.61 Å². The molecule has 1 atom stereocenters. The summed E-state index contributed by atoms with van der Waals surface area (Å²) in [4.78, 5) is 13.5. The minimum atomic E-state index is -2.91. The fourth-order valence-electron chi connectivity index (χ4n) is 1.37. The fourth-order valence-corrected chi connectivity index (χ4v) is 1.37. The predicted molar refractivity (Wildman–Crippen MR) is 63.7 cm³/mol. The molecule has 0 saturated carbocycles. The SMILES string of the molecule is CC(CN)N(C)C(=O)c1cccc(OC(F)F)c1. The Bertz CT molecular complexity index is 413. The van der Waals surface area contributed by atoms with Gasteiger partial charge in [0.25, 0.3) is 5.91 Å². The smallest absolute Gasteiger partial charge is 0.387 e. The number of carbonyl (C=O) groups is 1. The van der Waals surface area contributed by atoms with Gasteiger partial charge in [0.1, 0.15) is 5.75 Å². The molecule has 1 unspecified atom stereocenters. The van der Waals surface area contributed by atoms with Crippen LogP contribution in [0.1, 0.15) is 17.3 Å². The average Bonchev–Trinajstić information content (AvgIpc) is 2.35. The number of likely N-dealkylation sites (N-methyl/N-ethyl adjacent to an activating group) is 1. The zero-order valence-corrected chi connectivity index (χ0v) is 10.3. The van der Waals surface area contributed by atoms with E-state index in [0.29, 0.717) is 6.54 Å². The highest BCUT2D eigenvalue weighted by Gasteiger charge is 2.17. The van der Waals surface area contributed by atoms with Crippen LogP contribution >= 0.6 is 0 Å². The lowest BCUT2D eigenvalue weighted by Gasteiger charge is -2.23. The van der Waals surface area contributed by atoms with Crippen LogP contribution in [0.4, 0.5) is 8.78 Å². The van der Waals surface area contributed by atoms with E-state index >= 15 is 0 Å². The maximum Gasteiger partial charge on any atom is 0.387 e. The molecule has 0 aromatic heterocycles. The summed E-state index contributed by atoms with van der Waals surface area (Å²) in [6, 6.07) is 5.56. The van der Waals surface area contributed by atoms with Gasteiger partial charge in [0, 0.05) is 25.2 Å². The van der Waals surface area contributed by atoms with Gasteiger partial charge < -0.3 is 15.4 Å². The molecule has 100 valence electrons. The van der Waals surface area contributed by atoms with Crippen LogP contribution in [0.5, 0.6) is 5.75 Å². The Morgan fingerprint density at radius 1 is 1.50 bits per heavy atom. The largest absolute Gasteiger partial charge is 0.435 e. The molecule has 0 aliphatic carbocycles. The van der Waals surface area contributed by atoms with Gasteiger partial charge in [0.05, 0.1) is 0 Å². The summed E-state index contributed by atoms with van der Waals surface area (Å²) in [5, 5.41) is 0. The minimum Gasteiger partial charge on any atom is -0.435 e. The van der Waals surface area contributed by atoms with Gasteiger partial charge in [-0.1, -0.05) is 6.07 Å². The second-order valence-electron chi connectivity index (χ2n) is 3.91. The monoisotopic (exact) mass is 258 g/mol. The van der Waals surface area contributed by atoms with Gasteiger partial charge in [-0.3, -0.25) is 4.79 Å². The van der Waals surface area contributed by atoms with Crippen molar-refractivity contribution in [3.63, 3.8) is 0 Å².